The second-order valence-electron chi connectivity index (χ2n) is 3.79. The molecule has 0 radical (unpaired) electrons. The van der Waals surface area contributed by atoms with E-state index in [0.717, 1.165) is 0 Å². The van der Waals surface area contributed by atoms with Crippen LogP contribution in [-0.2, 0) is 17.2 Å². The maximum atomic E-state index is 11.4. The maximum absolute atomic E-state index is 11.4. The van der Waals surface area contributed by atoms with Crippen molar-refractivity contribution in [2.24, 2.45) is 7.05 Å². The van der Waals surface area contributed by atoms with Crippen LogP contribution in [0.5, 0.6) is 0 Å². The number of ether oxygens (including phenoxy) is 1. The monoisotopic (exact) mass is 207 g/mol. The molecular formula is C10H13N3O2. The van der Waals surface area contributed by atoms with Gasteiger partial charge in [-0.1, -0.05) is 0 Å². The Morgan fingerprint density at radius 2 is 2.27 bits per heavy atom. The van der Waals surface area contributed by atoms with Gasteiger partial charge in [-0.2, -0.15) is 10.4 Å². The first-order valence-corrected chi connectivity index (χ1v) is 4.46. The lowest BCUT2D eigenvalue weighted by atomic mass is 9.86. The van der Waals surface area contributed by atoms with Gasteiger partial charge in [0, 0.05) is 18.8 Å². The molecule has 0 bridgehead atoms. The molecule has 0 atom stereocenters. The molecule has 80 valence electrons. The van der Waals surface area contributed by atoms with Crippen LogP contribution in [0.15, 0.2) is 6.20 Å². The zero-order valence-electron chi connectivity index (χ0n) is 9.24. The van der Waals surface area contributed by atoms with E-state index in [-0.39, 0.29) is 5.69 Å². The lowest BCUT2D eigenvalue weighted by Crippen LogP contribution is -2.18. The number of esters is 1. The molecule has 1 aromatic rings. The second-order valence-corrected chi connectivity index (χ2v) is 3.79. The molecule has 0 unspecified atom stereocenters. The van der Waals surface area contributed by atoms with Crippen molar-refractivity contribution in [3.8, 4) is 6.07 Å². The Balaban J connectivity index is 3.31. The van der Waals surface area contributed by atoms with Gasteiger partial charge in [-0.3, -0.25) is 4.68 Å². The highest BCUT2D eigenvalue weighted by molar-refractivity contribution is 5.89. The number of aryl methyl sites for hydroxylation is 1. The van der Waals surface area contributed by atoms with E-state index in [0.29, 0.717) is 5.56 Å². The summed E-state index contributed by atoms with van der Waals surface area (Å²) in [5, 5.41) is 13.0. The smallest absolute Gasteiger partial charge is 0.358 e. The summed E-state index contributed by atoms with van der Waals surface area (Å²) in [6, 6.07) is 2.13. The number of nitriles is 1. The molecule has 5 nitrogen and oxygen atoms in total. The van der Waals surface area contributed by atoms with E-state index < -0.39 is 11.4 Å². The Morgan fingerprint density at radius 3 is 2.73 bits per heavy atom. The third-order valence-corrected chi connectivity index (χ3v) is 2.16. The van der Waals surface area contributed by atoms with Crippen molar-refractivity contribution in [3.63, 3.8) is 0 Å². The largest absolute Gasteiger partial charge is 0.464 e. The summed E-state index contributed by atoms with van der Waals surface area (Å²) in [5.74, 6) is -0.520. The molecule has 5 heteroatoms. The van der Waals surface area contributed by atoms with E-state index in [4.69, 9.17) is 5.26 Å². The highest BCUT2D eigenvalue weighted by Crippen LogP contribution is 2.25. The van der Waals surface area contributed by atoms with Crippen molar-refractivity contribution < 1.29 is 9.53 Å². The minimum Gasteiger partial charge on any atom is -0.464 e. The van der Waals surface area contributed by atoms with Gasteiger partial charge >= 0.3 is 5.97 Å². The molecule has 0 saturated heterocycles. The van der Waals surface area contributed by atoms with Gasteiger partial charge in [0.25, 0.3) is 0 Å². The van der Waals surface area contributed by atoms with Crippen molar-refractivity contribution in [2.45, 2.75) is 19.3 Å². The Kier molecular flexibility index (Phi) is 2.80. The molecule has 15 heavy (non-hydrogen) atoms. The quantitative estimate of drug-likeness (QED) is 0.678. The normalized spacial score (nSPS) is 10.9. The molecule has 0 aliphatic heterocycles. The lowest BCUT2D eigenvalue weighted by molar-refractivity contribution is 0.0591. The molecule has 1 heterocycles. The van der Waals surface area contributed by atoms with Crippen LogP contribution in [0.3, 0.4) is 0 Å². The number of hydrogen-bond acceptors (Lipinski definition) is 4. The van der Waals surface area contributed by atoms with E-state index in [1.165, 1.54) is 11.8 Å². The summed E-state index contributed by atoms with van der Waals surface area (Å²) in [5.41, 5.74) is 0.0310. The molecule has 0 spiro atoms. The molecule has 0 aliphatic carbocycles. The molecule has 1 aromatic heterocycles. The summed E-state index contributed by atoms with van der Waals surface area (Å²) in [6.45, 7) is 3.47. The van der Waals surface area contributed by atoms with E-state index in [1.54, 1.807) is 27.1 Å². The van der Waals surface area contributed by atoms with Gasteiger partial charge in [0.05, 0.1) is 18.6 Å². The van der Waals surface area contributed by atoms with Crippen molar-refractivity contribution >= 4 is 5.97 Å². The number of rotatable bonds is 2. The van der Waals surface area contributed by atoms with Crippen molar-refractivity contribution in [2.75, 3.05) is 7.11 Å². The third kappa shape index (κ3) is 1.99. The fourth-order valence-electron chi connectivity index (χ4n) is 1.25. The predicted molar refractivity (Wildman–Crippen MR) is 53.2 cm³/mol. The molecule has 0 N–H and O–H groups in total. The number of carbonyl (C=O) groups excluding carboxylic acids is 1. The van der Waals surface area contributed by atoms with Gasteiger partial charge in [-0.15, -0.1) is 0 Å². The number of methoxy groups -OCH3 is 1. The second kappa shape index (κ2) is 3.73. The molecule has 0 amide bonds. The molecule has 0 aliphatic rings. The summed E-state index contributed by atoms with van der Waals surface area (Å²) in [7, 11) is 2.99. The average Bonchev–Trinajstić information content (AvgIpc) is 2.60. The average molecular weight is 207 g/mol. The topological polar surface area (TPSA) is 67.9 Å². The first-order chi connectivity index (χ1) is 6.92. The van der Waals surface area contributed by atoms with Crippen LogP contribution < -0.4 is 0 Å². The first kappa shape index (κ1) is 11.2. The van der Waals surface area contributed by atoms with Gasteiger partial charge in [0.1, 0.15) is 0 Å². The number of aromatic nitrogens is 2. The van der Waals surface area contributed by atoms with Crippen LogP contribution in [0.25, 0.3) is 0 Å². The summed E-state index contributed by atoms with van der Waals surface area (Å²) in [4.78, 5) is 11.4. The summed E-state index contributed by atoms with van der Waals surface area (Å²) < 4.78 is 6.11. The Bertz CT molecular complexity index is 426. The number of carbonyl (C=O) groups is 1. The highest BCUT2D eigenvalue weighted by atomic mass is 16.5. The summed E-state index contributed by atoms with van der Waals surface area (Å²) in [6.07, 6.45) is 1.66. The van der Waals surface area contributed by atoms with Crippen LogP contribution >= 0.6 is 0 Å². The lowest BCUT2D eigenvalue weighted by Gasteiger charge is -2.13. The standard InChI is InChI=1S/C10H13N3O2/c1-10(2,6-11)7-5-13(3)12-8(7)9(14)15-4/h5H,1-4H3. The van der Waals surface area contributed by atoms with E-state index in [1.807, 2.05) is 0 Å². The van der Waals surface area contributed by atoms with Crippen LogP contribution in [-0.4, -0.2) is 22.9 Å². The van der Waals surface area contributed by atoms with Crippen LogP contribution in [0.2, 0.25) is 0 Å². The minimum absolute atomic E-state index is 0.201. The van der Waals surface area contributed by atoms with Gasteiger partial charge in [0.15, 0.2) is 5.69 Å². The minimum atomic E-state index is -0.752. The van der Waals surface area contributed by atoms with E-state index in [9.17, 15) is 4.79 Å². The van der Waals surface area contributed by atoms with Crippen LogP contribution in [0, 0.1) is 11.3 Å². The third-order valence-electron chi connectivity index (χ3n) is 2.16. The molecular weight excluding hydrogens is 194 g/mol. The van der Waals surface area contributed by atoms with Crippen molar-refractivity contribution in [1.82, 2.24) is 9.78 Å². The van der Waals surface area contributed by atoms with E-state index in [2.05, 4.69) is 15.9 Å². The Morgan fingerprint density at radius 1 is 1.67 bits per heavy atom. The van der Waals surface area contributed by atoms with Gasteiger partial charge in [0.2, 0.25) is 0 Å². The van der Waals surface area contributed by atoms with Gasteiger partial charge < -0.3 is 4.74 Å². The SMILES string of the molecule is COC(=O)c1nn(C)cc1C(C)(C)C#N. The zero-order valence-corrected chi connectivity index (χ0v) is 9.24. The van der Waals surface area contributed by atoms with Crippen LogP contribution in [0.1, 0.15) is 29.9 Å². The van der Waals surface area contributed by atoms with E-state index >= 15 is 0 Å². The highest BCUT2D eigenvalue weighted by Gasteiger charge is 2.29. The predicted octanol–water partition coefficient (Wildman–Crippen LogP) is 1.01. The summed E-state index contributed by atoms with van der Waals surface area (Å²) >= 11 is 0. The van der Waals surface area contributed by atoms with Crippen LogP contribution in [0.4, 0.5) is 0 Å². The molecule has 0 aromatic carbocycles. The molecule has 1 rings (SSSR count). The Labute approximate surface area is 88.3 Å². The fourth-order valence-corrected chi connectivity index (χ4v) is 1.25. The van der Waals surface area contributed by atoms with Crippen molar-refractivity contribution in [1.29, 1.82) is 5.26 Å². The Hall–Kier alpha value is -1.83. The molecule has 0 saturated carbocycles. The van der Waals surface area contributed by atoms with Gasteiger partial charge in [-0.25, -0.2) is 4.79 Å². The first-order valence-electron chi connectivity index (χ1n) is 4.46. The number of nitrogens with zero attached hydrogens (tertiary/aromatic N) is 3. The van der Waals surface area contributed by atoms with Gasteiger partial charge in [-0.05, 0) is 13.8 Å². The van der Waals surface area contributed by atoms with Crippen molar-refractivity contribution in [3.05, 3.63) is 17.5 Å². The number of hydrogen-bond donors (Lipinski definition) is 0. The molecule has 0 fully saturated rings. The fraction of sp³-hybridized carbons (Fsp3) is 0.500. The zero-order chi connectivity index (χ0) is 11.6. The maximum Gasteiger partial charge on any atom is 0.358 e.